The summed E-state index contributed by atoms with van der Waals surface area (Å²) in [5.41, 5.74) is 4.99. The Kier molecular flexibility index (Phi) is 8.52. The topological polar surface area (TPSA) is 61.8 Å². The van der Waals surface area contributed by atoms with Crippen LogP contribution in [0.3, 0.4) is 0 Å². The van der Waals surface area contributed by atoms with E-state index in [0.29, 0.717) is 12.0 Å². The molecular weight excluding hydrogens is 454 g/mol. The molecule has 0 aliphatic carbocycles. The van der Waals surface area contributed by atoms with Crippen molar-refractivity contribution in [3.63, 3.8) is 0 Å². The summed E-state index contributed by atoms with van der Waals surface area (Å²) in [5, 5.41) is 3.11. The second kappa shape index (κ2) is 11.4. The van der Waals surface area contributed by atoms with Gasteiger partial charge in [-0.15, -0.1) is 11.8 Å². The van der Waals surface area contributed by atoms with Crippen LogP contribution < -0.4 is 5.32 Å². The zero-order valence-corrected chi connectivity index (χ0v) is 22.1. The van der Waals surface area contributed by atoms with E-state index in [2.05, 4.69) is 31.1 Å². The van der Waals surface area contributed by atoms with Gasteiger partial charge < -0.3 is 10.2 Å². The Morgan fingerprint density at radius 1 is 1.00 bits per heavy atom. The average Bonchev–Trinajstić information content (AvgIpc) is 2.79. The molecule has 0 aromatic heterocycles. The minimum absolute atomic E-state index is 0.0350. The SMILES string of the molecule is Cc1ccc(CC(=O)Nc2cc(-c3ccccc3C(=O)/N=C/N(C)C)ccc2SC(C)(C)C)cc1. The summed E-state index contributed by atoms with van der Waals surface area (Å²) in [4.78, 5) is 32.5. The molecule has 0 spiro atoms. The molecule has 0 heterocycles. The molecule has 0 unspecified atom stereocenters. The van der Waals surface area contributed by atoms with Crippen LogP contribution in [0.2, 0.25) is 0 Å². The minimum Gasteiger partial charge on any atom is -0.369 e. The number of nitrogens with zero attached hydrogens (tertiary/aromatic N) is 2. The van der Waals surface area contributed by atoms with Gasteiger partial charge in [-0.1, -0.05) is 74.9 Å². The summed E-state index contributed by atoms with van der Waals surface area (Å²) < 4.78 is -0.0350. The fourth-order valence-electron chi connectivity index (χ4n) is 3.46. The highest BCUT2D eigenvalue weighted by atomic mass is 32.2. The first kappa shape index (κ1) is 26.2. The van der Waals surface area contributed by atoms with Gasteiger partial charge in [-0.25, -0.2) is 0 Å². The Labute approximate surface area is 212 Å². The number of aryl methyl sites for hydroxylation is 1. The number of amides is 2. The highest BCUT2D eigenvalue weighted by Crippen LogP contribution is 2.39. The lowest BCUT2D eigenvalue weighted by Crippen LogP contribution is -2.16. The first-order valence-corrected chi connectivity index (χ1v) is 12.4. The van der Waals surface area contributed by atoms with Crippen LogP contribution in [0.15, 0.2) is 76.6 Å². The molecule has 0 fully saturated rings. The molecule has 0 saturated carbocycles. The lowest BCUT2D eigenvalue weighted by atomic mass is 9.98. The predicted octanol–water partition coefficient (Wildman–Crippen LogP) is 6.46. The van der Waals surface area contributed by atoms with Gasteiger partial charge in [-0.05, 0) is 41.8 Å². The molecule has 3 aromatic rings. The predicted molar refractivity (Wildman–Crippen MR) is 148 cm³/mol. The maximum Gasteiger partial charge on any atom is 0.279 e. The number of benzene rings is 3. The van der Waals surface area contributed by atoms with Gasteiger partial charge in [-0.2, -0.15) is 4.99 Å². The summed E-state index contributed by atoms with van der Waals surface area (Å²) >= 11 is 1.69. The molecule has 0 atom stereocenters. The third kappa shape index (κ3) is 7.82. The molecule has 0 saturated heterocycles. The van der Waals surface area contributed by atoms with Crippen LogP contribution in [0, 0.1) is 6.92 Å². The quantitative estimate of drug-likeness (QED) is 0.236. The van der Waals surface area contributed by atoms with Gasteiger partial charge in [-0.3, -0.25) is 9.59 Å². The molecule has 6 heteroatoms. The van der Waals surface area contributed by atoms with Crippen molar-refractivity contribution in [1.82, 2.24) is 4.90 Å². The van der Waals surface area contributed by atoms with Crippen molar-refractivity contribution in [2.75, 3.05) is 19.4 Å². The van der Waals surface area contributed by atoms with Gasteiger partial charge in [0.1, 0.15) is 0 Å². The normalized spacial score (nSPS) is 11.5. The lowest BCUT2D eigenvalue weighted by molar-refractivity contribution is -0.115. The first-order chi connectivity index (χ1) is 16.5. The van der Waals surface area contributed by atoms with Crippen molar-refractivity contribution >= 4 is 35.6 Å². The zero-order valence-electron chi connectivity index (χ0n) is 21.3. The van der Waals surface area contributed by atoms with Gasteiger partial charge in [0.15, 0.2) is 0 Å². The molecule has 0 bridgehead atoms. The number of carbonyl (C=O) groups excluding carboxylic acids is 2. The second-order valence-electron chi connectivity index (χ2n) is 9.69. The average molecular weight is 488 g/mol. The maximum absolute atomic E-state index is 13.0. The summed E-state index contributed by atoms with van der Waals surface area (Å²) in [5.74, 6) is -0.394. The Morgan fingerprint density at radius 2 is 1.69 bits per heavy atom. The fourth-order valence-corrected chi connectivity index (χ4v) is 4.47. The third-order valence-corrected chi connectivity index (χ3v) is 6.22. The number of aliphatic imine (C=N–C) groups is 1. The smallest absolute Gasteiger partial charge is 0.279 e. The summed E-state index contributed by atoms with van der Waals surface area (Å²) in [7, 11) is 3.64. The molecule has 0 radical (unpaired) electrons. The molecule has 0 aliphatic heterocycles. The van der Waals surface area contributed by atoms with Crippen molar-refractivity contribution in [3.8, 4) is 11.1 Å². The summed E-state index contributed by atoms with van der Waals surface area (Å²) in [6.45, 7) is 8.44. The van der Waals surface area contributed by atoms with Gasteiger partial charge in [0.2, 0.25) is 5.91 Å². The minimum atomic E-state index is -0.313. The van der Waals surface area contributed by atoms with Gasteiger partial charge in [0.25, 0.3) is 5.91 Å². The van der Waals surface area contributed by atoms with Crippen molar-refractivity contribution in [2.24, 2.45) is 4.99 Å². The van der Waals surface area contributed by atoms with E-state index >= 15 is 0 Å². The van der Waals surface area contributed by atoms with E-state index in [4.69, 9.17) is 0 Å². The number of rotatable bonds is 7. The van der Waals surface area contributed by atoms with Crippen LogP contribution >= 0.6 is 11.8 Å². The van der Waals surface area contributed by atoms with E-state index < -0.39 is 0 Å². The Hall–Kier alpha value is -3.38. The van der Waals surface area contributed by atoms with Crippen molar-refractivity contribution in [2.45, 2.75) is 43.8 Å². The first-order valence-electron chi connectivity index (χ1n) is 11.5. The lowest BCUT2D eigenvalue weighted by Gasteiger charge is -2.21. The number of hydrogen-bond acceptors (Lipinski definition) is 3. The van der Waals surface area contributed by atoms with Gasteiger partial charge in [0.05, 0.1) is 18.4 Å². The number of thioether (sulfide) groups is 1. The Morgan fingerprint density at radius 3 is 2.34 bits per heavy atom. The van der Waals surface area contributed by atoms with Crippen LogP contribution in [0.5, 0.6) is 0 Å². The van der Waals surface area contributed by atoms with E-state index in [1.807, 2.05) is 81.7 Å². The molecule has 182 valence electrons. The van der Waals surface area contributed by atoms with Crippen LogP contribution in [0.1, 0.15) is 42.3 Å². The van der Waals surface area contributed by atoms with E-state index in [9.17, 15) is 9.59 Å². The Balaban J connectivity index is 1.96. The highest BCUT2D eigenvalue weighted by molar-refractivity contribution is 8.00. The number of nitrogens with one attached hydrogen (secondary N) is 1. The van der Waals surface area contributed by atoms with Crippen molar-refractivity contribution in [3.05, 3.63) is 83.4 Å². The fraction of sp³-hybridized carbons (Fsp3) is 0.276. The van der Waals surface area contributed by atoms with E-state index in [1.165, 1.54) is 6.34 Å². The largest absolute Gasteiger partial charge is 0.369 e. The van der Waals surface area contributed by atoms with Crippen LogP contribution in [0.25, 0.3) is 11.1 Å². The second-order valence-corrected chi connectivity index (χ2v) is 11.6. The zero-order chi connectivity index (χ0) is 25.6. The molecule has 1 N–H and O–H groups in total. The van der Waals surface area contributed by atoms with Crippen molar-refractivity contribution < 1.29 is 9.59 Å². The molecule has 3 aromatic carbocycles. The van der Waals surface area contributed by atoms with Crippen molar-refractivity contribution in [1.29, 1.82) is 0 Å². The van der Waals surface area contributed by atoms with E-state index in [0.717, 1.165) is 32.8 Å². The van der Waals surface area contributed by atoms with E-state index in [1.54, 1.807) is 22.7 Å². The maximum atomic E-state index is 13.0. The number of carbonyl (C=O) groups is 2. The van der Waals surface area contributed by atoms with Crippen LogP contribution in [-0.4, -0.2) is 41.9 Å². The van der Waals surface area contributed by atoms with Crippen LogP contribution in [0.4, 0.5) is 5.69 Å². The monoisotopic (exact) mass is 487 g/mol. The summed E-state index contributed by atoms with van der Waals surface area (Å²) in [6, 6.07) is 21.3. The molecule has 0 aliphatic rings. The molecule has 5 nitrogen and oxygen atoms in total. The highest BCUT2D eigenvalue weighted by Gasteiger charge is 2.19. The summed E-state index contributed by atoms with van der Waals surface area (Å²) in [6.07, 6.45) is 1.79. The molecule has 35 heavy (non-hydrogen) atoms. The third-order valence-electron chi connectivity index (χ3n) is 5.03. The number of anilines is 1. The number of hydrogen-bond donors (Lipinski definition) is 1. The molecule has 3 rings (SSSR count). The van der Waals surface area contributed by atoms with Gasteiger partial charge >= 0.3 is 0 Å². The van der Waals surface area contributed by atoms with Crippen LogP contribution in [-0.2, 0) is 11.2 Å². The molecule has 2 amide bonds. The standard InChI is InChI=1S/C29H33N3O2S/c1-20-11-13-21(14-12-20)17-27(33)31-25-18-22(15-16-26(25)35-29(2,3)4)23-9-7-8-10-24(23)28(34)30-19-32(5)6/h7-16,18-19H,17H2,1-6H3,(H,31,33)/b30-19+. The molecular formula is C29H33N3O2S. The van der Waals surface area contributed by atoms with Gasteiger partial charge in [0, 0.05) is 29.3 Å². The Bertz CT molecular complexity index is 1230. The van der Waals surface area contributed by atoms with E-state index in [-0.39, 0.29) is 16.6 Å².